The molecule has 0 fully saturated rings. The molecule has 0 atom stereocenters. The molecule has 0 bridgehead atoms. The van der Waals surface area contributed by atoms with Crippen LogP contribution in [0.4, 0.5) is 0 Å². The second-order valence-electron chi connectivity index (χ2n) is 1.75. The Labute approximate surface area is 59.4 Å². The van der Waals surface area contributed by atoms with Crippen LogP contribution in [0.1, 0.15) is 6.42 Å². The van der Waals surface area contributed by atoms with E-state index in [4.69, 9.17) is 8.92 Å². The smallest absolute Gasteiger partial charge is 0.0659 e. The van der Waals surface area contributed by atoms with Gasteiger partial charge in [0.15, 0.2) is 0 Å². The summed E-state index contributed by atoms with van der Waals surface area (Å²) >= 11 is 1.43. The molecule has 9 heavy (non-hydrogen) atoms. The topological polar surface area (TPSA) is 18.5 Å². The van der Waals surface area contributed by atoms with Crippen LogP contribution in [0.2, 0.25) is 0 Å². The van der Waals surface area contributed by atoms with Crippen molar-refractivity contribution in [1.29, 1.82) is 0 Å². The molecule has 0 aromatic carbocycles. The van der Waals surface area contributed by atoms with Crippen molar-refractivity contribution in [2.24, 2.45) is 0 Å². The van der Waals surface area contributed by atoms with Gasteiger partial charge >= 0.3 is 0 Å². The lowest BCUT2D eigenvalue weighted by Crippen LogP contribution is -2.02. The van der Waals surface area contributed by atoms with Gasteiger partial charge in [-0.2, -0.15) is 0 Å². The van der Waals surface area contributed by atoms with Crippen molar-refractivity contribution < 1.29 is 8.92 Å². The number of hydrogen-bond donors (Lipinski definition) is 0. The average Bonchev–Trinajstić information content (AvgIpc) is 1.91. The highest BCUT2D eigenvalue weighted by atomic mass is 32.2. The minimum absolute atomic E-state index is 0.742. The van der Waals surface area contributed by atoms with Crippen LogP contribution in [-0.2, 0) is 8.92 Å². The lowest BCUT2D eigenvalue weighted by Gasteiger charge is -2.10. The van der Waals surface area contributed by atoms with E-state index >= 15 is 0 Å². The van der Waals surface area contributed by atoms with Crippen molar-refractivity contribution in [2.45, 2.75) is 6.42 Å². The Morgan fingerprint density at radius 3 is 3.22 bits per heavy atom. The first-order chi connectivity index (χ1) is 4.43. The van der Waals surface area contributed by atoms with E-state index in [-0.39, 0.29) is 0 Å². The predicted octanol–water partition coefficient (Wildman–Crippen LogP) is 1.59. The Kier molecular flexibility index (Phi) is 3.11. The summed E-state index contributed by atoms with van der Waals surface area (Å²) in [6.07, 6.45) is 3.05. The van der Waals surface area contributed by atoms with E-state index in [0.29, 0.717) is 0 Å². The van der Waals surface area contributed by atoms with Gasteiger partial charge in [0.05, 0.1) is 20.3 Å². The van der Waals surface area contributed by atoms with Gasteiger partial charge in [-0.3, -0.25) is 0 Å². The molecule has 1 aliphatic rings. The Morgan fingerprint density at radius 1 is 1.78 bits per heavy atom. The summed E-state index contributed by atoms with van der Waals surface area (Å²) in [5.74, 6) is 0. The van der Waals surface area contributed by atoms with Gasteiger partial charge in [-0.1, -0.05) is 0 Å². The zero-order valence-electron chi connectivity index (χ0n) is 5.42. The summed E-state index contributed by atoms with van der Waals surface area (Å²) < 4.78 is 9.97. The van der Waals surface area contributed by atoms with Gasteiger partial charge in [0.2, 0.25) is 0 Å². The summed E-state index contributed by atoms with van der Waals surface area (Å²) in [5.41, 5.74) is 0. The molecular weight excluding hydrogens is 136 g/mol. The van der Waals surface area contributed by atoms with Crippen molar-refractivity contribution in [2.75, 3.05) is 20.3 Å². The molecule has 2 nitrogen and oxygen atoms in total. The largest absolute Gasteiger partial charge is 0.377 e. The molecular formula is C6H10O2S. The summed E-state index contributed by atoms with van der Waals surface area (Å²) in [7, 11) is 1.68. The maximum Gasteiger partial charge on any atom is 0.0659 e. The third kappa shape index (κ3) is 2.39. The van der Waals surface area contributed by atoms with Gasteiger partial charge in [0, 0.05) is 23.4 Å². The van der Waals surface area contributed by atoms with Crippen molar-refractivity contribution in [3.63, 3.8) is 0 Å². The molecule has 0 spiro atoms. The molecule has 0 unspecified atom stereocenters. The molecule has 0 aliphatic carbocycles. The second kappa shape index (κ2) is 3.93. The molecule has 3 heteroatoms. The molecule has 1 heterocycles. The molecule has 52 valence electrons. The SMILES string of the molecule is COSC1=CCOCC1. The highest BCUT2D eigenvalue weighted by Crippen LogP contribution is 2.21. The van der Waals surface area contributed by atoms with Gasteiger partial charge in [0.1, 0.15) is 0 Å². The van der Waals surface area contributed by atoms with Crippen LogP contribution >= 0.6 is 12.0 Å². The fourth-order valence-corrected chi connectivity index (χ4v) is 1.21. The van der Waals surface area contributed by atoms with Crippen LogP contribution in [0.25, 0.3) is 0 Å². The molecule has 0 amide bonds. The number of ether oxygens (including phenoxy) is 1. The Hall–Kier alpha value is 0.01000. The summed E-state index contributed by atoms with van der Waals surface area (Å²) in [5, 5.41) is 0. The summed E-state index contributed by atoms with van der Waals surface area (Å²) in [6, 6.07) is 0. The van der Waals surface area contributed by atoms with Crippen LogP contribution in [0.3, 0.4) is 0 Å². The third-order valence-corrected chi connectivity index (χ3v) is 1.86. The molecule has 1 rings (SSSR count). The average molecular weight is 146 g/mol. The lowest BCUT2D eigenvalue weighted by molar-refractivity contribution is 0.157. The van der Waals surface area contributed by atoms with Crippen molar-refractivity contribution in [3.05, 3.63) is 11.0 Å². The van der Waals surface area contributed by atoms with Gasteiger partial charge < -0.3 is 8.92 Å². The second-order valence-corrected chi connectivity index (χ2v) is 2.77. The van der Waals surface area contributed by atoms with Crippen LogP contribution in [0.5, 0.6) is 0 Å². The van der Waals surface area contributed by atoms with Gasteiger partial charge in [-0.15, -0.1) is 0 Å². The molecule has 0 N–H and O–H groups in total. The summed E-state index contributed by atoms with van der Waals surface area (Å²) in [4.78, 5) is 1.28. The fourth-order valence-electron chi connectivity index (χ4n) is 0.693. The molecule has 0 aromatic heterocycles. The maximum atomic E-state index is 5.10. The van der Waals surface area contributed by atoms with Crippen molar-refractivity contribution >= 4 is 12.0 Å². The number of rotatable bonds is 2. The van der Waals surface area contributed by atoms with E-state index in [1.165, 1.54) is 16.9 Å². The zero-order valence-corrected chi connectivity index (χ0v) is 6.24. The lowest BCUT2D eigenvalue weighted by atomic mass is 10.3. The first-order valence-corrected chi connectivity index (χ1v) is 3.65. The highest BCUT2D eigenvalue weighted by Gasteiger charge is 2.02. The van der Waals surface area contributed by atoms with Crippen LogP contribution < -0.4 is 0 Å². The minimum atomic E-state index is 0.742. The normalized spacial score (nSPS) is 19.4. The third-order valence-electron chi connectivity index (χ3n) is 1.11. The fraction of sp³-hybridized carbons (Fsp3) is 0.667. The quantitative estimate of drug-likeness (QED) is 0.551. The van der Waals surface area contributed by atoms with E-state index in [9.17, 15) is 0 Å². The van der Waals surface area contributed by atoms with E-state index in [1.807, 2.05) is 0 Å². The van der Waals surface area contributed by atoms with E-state index in [0.717, 1.165) is 19.6 Å². The van der Waals surface area contributed by atoms with E-state index in [1.54, 1.807) is 7.11 Å². The maximum absolute atomic E-state index is 5.10. The minimum Gasteiger partial charge on any atom is -0.377 e. The van der Waals surface area contributed by atoms with E-state index < -0.39 is 0 Å². The molecule has 0 aromatic rings. The Balaban J connectivity index is 2.28. The Morgan fingerprint density at radius 2 is 2.67 bits per heavy atom. The van der Waals surface area contributed by atoms with Crippen molar-refractivity contribution in [1.82, 2.24) is 0 Å². The zero-order chi connectivity index (χ0) is 6.53. The first kappa shape index (κ1) is 7.12. The predicted molar refractivity (Wildman–Crippen MR) is 38.1 cm³/mol. The standard InChI is InChI=1S/C6H10O2S/c1-7-9-6-2-4-8-5-3-6/h2H,3-5H2,1H3. The molecule has 0 saturated carbocycles. The van der Waals surface area contributed by atoms with Gasteiger partial charge in [-0.25, -0.2) is 0 Å². The highest BCUT2D eigenvalue weighted by molar-refractivity contribution is 7.98. The first-order valence-electron chi connectivity index (χ1n) is 2.91. The van der Waals surface area contributed by atoms with Crippen LogP contribution in [0.15, 0.2) is 11.0 Å². The molecule has 0 saturated heterocycles. The monoisotopic (exact) mass is 146 g/mol. The van der Waals surface area contributed by atoms with E-state index in [2.05, 4.69) is 6.08 Å². The number of hydrogen-bond acceptors (Lipinski definition) is 3. The molecule has 0 radical (unpaired) electrons. The van der Waals surface area contributed by atoms with Crippen LogP contribution in [-0.4, -0.2) is 20.3 Å². The summed E-state index contributed by atoms with van der Waals surface area (Å²) in [6.45, 7) is 1.58. The van der Waals surface area contributed by atoms with Gasteiger partial charge in [-0.05, 0) is 6.08 Å². The van der Waals surface area contributed by atoms with Crippen LogP contribution in [0, 0.1) is 0 Å². The van der Waals surface area contributed by atoms with Crippen molar-refractivity contribution in [3.8, 4) is 0 Å². The molecule has 1 aliphatic heterocycles. The van der Waals surface area contributed by atoms with Gasteiger partial charge in [0.25, 0.3) is 0 Å². The Bertz CT molecular complexity index is 112.